The third kappa shape index (κ3) is 6.55. The fraction of sp³-hybridized carbons (Fsp3) is 0.615. The molecule has 158 valence electrons. The topological polar surface area (TPSA) is 35.0 Å². The fourth-order valence-corrected chi connectivity index (χ4v) is 4.83. The molecule has 0 unspecified atom stereocenters. The number of ether oxygens (including phenoxy) is 1. The van der Waals surface area contributed by atoms with Crippen molar-refractivity contribution in [2.45, 2.75) is 84.0 Å². The van der Waals surface area contributed by atoms with Gasteiger partial charge in [0.2, 0.25) is 0 Å². The number of methoxy groups -OCH3 is 1. The van der Waals surface area contributed by atoms with Crippen molar-refractivity contribution in [1.29, 1.82) is 0 Å². The van der Waals surface area contributed by atoms with Crippen LogP contribution in [0.25, 0.3) is 11.3 Å². The van der Waals surface area contributed by atoms with E-state index in [1.54, 1.807) is 13.4 Å². The Morgan fingerprint density at radius 2 is 1.66 bits per heavy atom. The van der Waals surface area contributed by atoms with E-state index in [0.29, 0.717) is 0 Å². The van der Waals surface area contributed by atoms with Gasteiger partial charge in [-0.3, -0.25) is 0 Å². The summed E-state index contributed by atoms with van der Waals surface area (Å²) < 4.78 is 5.55. The second kappa shape index (κ2) is 11.9. The van der Waals surface area contributed by atoms with Crippen molar-refractivity contribution in [3.05, 3.63) is 42.4 Å². The van der Waals surface area contributed by atoms with Gasteiger partial charge in [-0.1, -0.05) is 83.3 Å². The van der Waals surface area contributed by atoms with E-state index in [2.05, 4.69) is 23.0 Å². The monoisotopic (exact) mass is 394 g/mol. The van der Waals surface area contributed by atoms with Gasteiger partial charge < -0.3 is 4.74 Å². The lowest BCUT2D eigenvalue weighted by Gasteiger charge is -2.28. The van der Waals surface area contributed by atoms with Crippen LogP contribution in [0.5, 0.6) is 5.75 Å². The lowest BCUT2D eigenvalue weighted by Crippen LogP contribution is -2.15. The Labute approximate surface area is 177 Å². The van der Waals surface area contributed by atoms with Gasteiger partial charge in [0.15, 0.2) is 0 Å². The second-order valence-corrected chi connectivity index (χ2v) is 8.73. The third-order valence-corrected chi connectivity index (χ3v) is 6.65. The number of rotatable bonds is 11. The van der Waals surface area contributed by atoms with Gasteiger partial charge in [0.25, 0.3) is 0 Å². The number of unbranched alkanes of at least 4 members (excludes halogenated alkanes) is 4. The molecular weight excluding hydrogens is 356 g/mol. The Kier molecular flexibility index (Phi) is 8.98. The van der Waals surface area contributed by atoms with Crippen LogP contribution in [0.3, 0.4) is 0 Å². The molecule has 0 atom stereocenters. The maximum absolute atomic E-state index is 5.55. The molecule has 1 aromatic carbocycles. The first-order chi connectivity index (χ1) is 14.3. The van der Waals surface area contributed by atoms with Gasteiger partial charge in [0, 0.05) is 11.8 Å². The van der Waals surface area contributed by atoms with Crippen LogP contribution in [-0.2, 0) is 6.42 Å². The zero-order valence-electron chi connectivity index (χ0n) is 18.4. The van der Waals surface area contributed by atoms with Crippen LogP contribution in [0.15, 0.2) is 36.8 Å². The highest BCUT2D eigenvalue weighted by Gasteiger charge is 2.21. The van der Waals surface area contributed by atoms with E-state index < -0.39 is 0 Å². The van der Waals surface area contributed by atoms with Crippen LogP contribution in [0.4, 0.5) is 0 Å². The van der Waals surface area contributed by atoms with Crippen LogP contribution >= 0.6 is 0 Å². The Balaban J connectivity index is 1.48. The molecule has 0 saturated heterocycles. The molecule has 0 amide bonds. The first-order valence-electron chi connectivity index (χ1n) is 11.7. The molecular formula is C26H38N2O. The average Bonchev–Trinajstić information content (AvgIpc) is 2.78. The maximum Gasteiger partial charge on any atom is 0.128 e. The van der Waals surface area contributed by atoms with E-state index in [1.807, 2.05) is 24.4 Å². The maximum atomic E-state index is 5.55. The lowest BCUT2D eigenvalue weighted by molar-refractivity contribution is 0.248. The summed E-state index contributed by atoms with van der Waals surface area (Å²) in [5, 5.41) is 0. The smallest absolute Gasteiger partial charge is 0.128 e. The van der Waals surface area contributed by atoms with Crippen LogP contribution in [0.2, 0.25) is 0 Å². The number of aryl methyl sites for hydroxylation is 1. The molecule has 1 aliphatic carbocycles. The number of aromatic nitrogens is 2. The predicted molar refractivity (Wildman–Crippen MR) is 121 cm³/mol. The Bertz CT molecular complexity index is 722. The SMILES string of the molecule is CCCCCCCC1CCC(CCc2cncnc2-c2ccccc2OC)CC1. The minimum absolute atomic E-state index is 0.858. The van der Waals surface area contributed by atoms with Gasteiger partial charge in [-0.2, -0.15) is 0 Å². The summed E-state index contributed by atoms with van der Waals surface area (Å²) in [6.07, 6.45) is 20.1. The normalized spacial score (nSPS) is 19.2. The first kappa shape index (κ1) is 21.8. The van der Waals surface area contributed by atoms with Crippen molar-refractivity contribution < 1.29 is 4.74 Å². The zero-order valence-corrected chi connectivity index (χ0v) is 18.4. The van der Waals surface area contributed by atoms with Gasteiger partial charge in [0.05, 0.1) is 12.8 Å². The summed E-state index contributed by atoms with van der Waals surface area (Å²) >= 11 is 0. The highest BCUT2D eigenvalue weighted by atomic mass is 16.5. The number of hydrogen-bond acceptors (Lipinski definition) is 3. The van der Waals surface area contributed by atoms with E-state index in [-0.39, 0.29) is 0 Å². The predicted octanol–water partition coefficient (Wildman–Crippen LogP) is 7.25. The molecule has 2 aromatic rings. The number of para-hydroxylation sites is 1. The van der Waals surface area contributed by atoms with Gasteiger partial charge >= 0.3 is 0 Å². The Morgan fingerprint density at radius 1 is 0.931 bits per heavy atom. The quantitative estimate of drug-likeness (QED) is 0.376. The van der Waals surface area contributed by atoms with Gasteiger partial charge in [-0.05, 0) is 42.4 Å². The molecule has 3 heteroatoms. The summed E-state index contributed by atoms with van der Waals surface area (Å²) in [6.45, 7) is 2.29. The van der Waals surface area contributed by atoms with Crippen molar-refractivity contribution in [3.63, 3.8) is 0 Å². The van der Waals surface area contributed by atoms with Gasteiger partial charge in [-0.25, -0.2) is 9.97 Å². The molecule has 3 nitrogen and oxygen atoms in total. The zero-order chi connectivity index (χ0) is 20.3. The number of nitrogens with zero attached hydrogens (tertiary/aromatic N) is 2. The van der Waals surface area contributed by atoms with E-state index in [0.717, 1.165) is 35.3 Å². The molecule has 29 heavy (non-hydrogen) atoms. The molecule has 0 N–H and O–H groups in total. The van der Waals surface area contributed by atoms with E-state index >= 15 is 0 Å². The molecule has 1 heterocycles. The lowest BCUT2D eigenvalue weighted by atomic mass is 9.77. The Morgan fingerprint density at radius 3 is 2.41 bits per heavy atom. The molecule has 0 bridgehead atoms. The van der Waals surface area contributed by atoms with Crippen molar-refractivity contribution >= 4 is 0 Å². The van der Waals surface area contributed by atoms with Gasteiger partial charge in [0.1, 0.15) is 12.1 Å². The fourth-order valence-electron chi connectivity index (χ4n) is 4.83. The van der Waals surface area contributed by atoms with Crippen molar-refractivity contribution in [2.24, 2.45) is 11.8 Å². The number of benzene rings is 1. The van der Waals surface area contributed by atoms with Crippen molar-refractivity contribution in [2.75, 3.05) is 7.11 Å². The van der Waals surface area contributed by atoms with E-state index in [9.17, 15) is 0 Å². The van der Waals surface area contributed by atoms with Crippen LogP contribution in [-0.4, -0.2) is 17.1 Å². The minimum atomic E-state index is 0.858. The molecule has 0 radical (unpaired) electrons. The van der Waals surface area contributed by atoms with E-state index in [4.69, 9.17) is 4.74 Å². The summed E-state index contributed by atoms with van der Waals surface area (Å²) in [7, 11) is 1.72. The molecule has 3 rings (SSSR count). The first-order valence-corrected chi connectivity index (χ1v) is 11.7. The summed E-state index contributed by atoms with van der Waals surface area (Å²) in [4.78, 5) is 8.90. The highest BCUT2D eigenvalue weighted by molar-refractivity contribution is 5.69. The summed E-state index contributed by atoms with van der Waals surface area (Å²) in [5.41, 5.74) is 3.34. The van der Waals surface area contributed by atoms with Crippen LogP contribution < -0.4 is 4.74 Å². The largest absolute Gasteiger partial charge is 0.496 e. The standard InChI is InChI=1S/C26H38N2O/c1-3-4-5-6-7-10-21-13-15-22(16-14-21)17-18-23-19-27-20-28-26(23)24-11-8-9-12-25(24)29-2/h8-9,11-12,19-22H,3-7,10,13-18H2,1-2H3. The van der Waals surface area contributed by atoms with Crippen molar-refractivity contribution in [3.8, 4) is 17.0 Å². The average molecular weight is 395 g/mol. The second-order valence-electron chi connectivity index (χ2n) is 8.73. The number of hydrogen-bond donors (Lipinski definition) is 0. The summed E-state index contributed by atoms with van der Waals surface area (Å²) in [6, 6.07) is 8.15. The van der Waals surface area contributed by atoms with Crippen LogP contribution in [0.1, 0.15) is 83.1 Å². The molecule has 0 spiro atoms. The highest BCUT2D eigenvalue weighted by Crippen LogP contribution is 2.36. The molecule has 0 aliphatic heterocycles. The molecule has 1 fully saturated rings. The van der Waals surface area contributed by atoms with E-state index in [1.165, 1.54) is 76.2 Å². The van der Waals surface area contributed by atoms with Crippen molar-refractivity contribution in [1.82, 2.24) is 9.97 Å². The Hall–Kier alpha value is -1.90. The summed E-state index contributed by atoms with van der Waals surface area (Å²) in [5.74, 6) is 2.72. The minimum Gasteiger partial charge on any atom is -0.496 e. The molecule has 1 aromatic heterocycles. The van der Waals surface area contributed by atoms with Crippen LogP contribution in [0, 0.1) is 11.8 Å². The molecule has 1 saturated carbocycles. The molecule has 1 aliphatic rings. The third-order valence-electron chi connectivity index (χ3n) is 6.65. The van der Waals surface area contributed by atoms with Gasteiger partial charge in [-0.15, -0.1) is 0 Å².